The van der Waals surface area contributed by atoms with Gasteiger partial charge in [-0.1, -0.05) is 13.0 Å². The molecule has 0 saturated carbocycles. The van der Waals surface area contributed by atoms with Gasteiger partial charge in [0, 0.05) is 18.0 Å². The van der Waals surface area contributed by atoms with Gasteiger partial charge in [0.1, 0.15) is 5.60 Å². The Labute approximate surface area is 107 Å². The lowest BCUT2D eigenvalue weighted by Crippen LogP contribution is -2.32. The summed E-state index contributed by atoms with van der Waals surface area (Å²) in [4.78, 5) is 13.0. The van der Waals surface area contributed by atoms with E-state index in [1.807, 2.05) is 39.1 Å². The third-order valence-electron chi connectivity index (χ3n) is 2.14. The second kappa shape index (κ2) is 6.17. The Morgan fingerprint density at radius 2 is 2.24 bits per heavy atom. The highest BCUT2D eigenvalue weighted by molar-refractivity contribution is 7.09. The SMILES string of the molecule is CC(CNCc1cccs1)C(=O)OC(C)(C)C. The van der Waals surface area contributed by atoms with Gasteiger partial charge in [0.05, 0.1) is 5.92 Å². The second-order valence-corrected chi connectivity index (χ2v) is 6.18. The van der Waals surface area contributed by atoms with Crippen molar-refractivity contribution in [1.29, 1.82) is 0 Å². The molecule has 1 rings (SSSR count). The Morgan fingerprint density at radius 3 is 2.76 bits per heavy atom. The molecular formula is C13H21NO2S. The third-order valence-corrected chi connectivity index (χ3v) is 3.02. The quantitative estimate of drug-likeness (QED) is 0.822. The van der Waals surface area contributed by atoms with Gasteiger partial charge in [-0.3, -0.25) is 4.79 Å². The van der Waals surface area contributed by atoms with E-state index in [0.717, 1.165) is 6.54 Å². The van der Waals surface area contributed by atoms with Crippen LogP contribution in [0.25, 0.3) is 0 Å². The Balaban J connectivity index is 2.25. The zero-order valence-electron chi connectivity index (χ0n) is 10.9. The van der Waals surface area contributed by atoms with Crippen LogP contribution >= 0.6 is 11.3 Å². The van der Waals surface area contributed by atoms with Gasteiger partial charge in [-0.05, 0) is 32.2 Å². The Bertz CT molecular complexity index is 341. The van der Waals surface area contributed by atoms with Crippen LogP contribution < -0.4 is 5.32 Å². The fraction of sp³-hybridized carbons (Fsp3) is 0.615. The maximum absolute atomic E-state index is 11.7. The first-order valence-electron chi connectivity index (χ1n) is 5.84. The monoisotopic (exact) mass is 255 g/mol. The van der Waals surface area contributed by atoms with Gasteiger partial charge in [-0.25, -0.2) is 0 Å². The van der Waals surface area contributed by atoms with Crippen LogP contribution in [0.1, 0.15) is 32.6 Å². The molecule has 1 N–H and O–H groups in total. The molecule has 96 valence electrons. The maximum atomic E-state index is 11.7. The molecule has 0 aliphatic carbocycles. The zero-order chi connectivity index (χ0) is 12.9. The molecular weight excluding hydrogens is 234 g/mol. The van der Waals surface area contributed by atoms with Crippen molar-refractivity contribution >= 4 is 17.3 Å². The fourth-order valence-corrected chi connectivity index (χ4v) is 1.99. The molecule has 17 heavy (non-hydrogen) atoms. The van der Waals surface area contributed by atoms with Crippen molar-refractivity contribution in [3.05, 3.63) is 22.4 Å². The van der Waals surface area contributed by atoms with Crippen LogP contribution in [0, 0.1) is 5.92 Å². The van der Waals surface area contributed by atoms with Crippen LogP contribution in [0.15, 0.2) is 17.5 Å². The average molecular weight is 255 g/mol. The highest BCUT2D eigenvalue weighted by Gasteiger charge is 2.21. The molecule has 1 unspecified atom stereocenters. The predicted molar refractivity (Wildman–Crippen MR) is 71.0 cm³/mol. The van der Waals surface area contributed by atoms with Crippen molar-refractivity contribution in [1.82, 2.24) is 5.32 Å². The summed E-state index contributed by atoms with van der Waals surface area (Å²) in [5, 5.41) is 5.31. The number of carbonyl (C=O) groups is 1. The highest BCUT2D eigenvalue weighted by Crippen LogP contribution is 2.11. The van der Waals surface area contributed by atoms with Crippen LogP contribution in [-0.4, -0.2) is 18.1 Å². The Hall–Kier alpha value is -0.870. The molecule has 0 spiro atoms. The molecule has 0 saturated heterocycles. The molecule has 0 amide bonds. The lowest BCUT2D eigenvalue weighted by atomic mass is 10.1. The first-order chi connectivity index (χ1) is 7.88. The molecule has 1 aromatic heterocycles. The minimum atomic E-state index is -0.404. The van der Waals surface area contributed by atoms with Gasteiger partial charge in [0.2, 0.25) is 0 Å². The first-order valence-corrected chi connectivity index (χ1v) is 6.72. The number of thiophene rings is 1. The first kappa shape index (κ1) is 14.2. The number of esters is 1. The van der Waals surface area contributed by atoms with Crippen molar-refractivity contribution in [2.45, 2.75) is 39.8 Å². The van der Waals surface area contributed by atoms with E-state index in [9.17, 15) is 4.79 Å². The van der Waals surface area contributed by atoms with E-state index in [1.165, 1.54) is 4.88 Å². The van der Waals surface area contributed by atoms with E-state index in [-0.39, 0.29) is 11.9 Å². The summed E-state index contributed by atoms with van der Waals surface area (Å²) in [6.45, 7) is 9.00. The van der Waals surface area contributed by atoms with Crippen LogP contribution in [0.2, 0.25) is 0 Å². The molecule has 1 atom stereocenters. The van der Waals surface area contributed by atoms with Gasteiger partial charge in [-0.15, -0.1) is 11.3 Å². The molecule has 0 aromatic carbocycles. The summed E-state index contributed by atoms with van der Waals surface area (Å²) in [7, 11) is 0. The second-order valence-electron chi connectivity index (χ2n) is 5.14. The summed E-state index contributed by atoms with van der Waals surface area (Å²) in [6, 6.07) is 4.11. The van der Waals surface area contributed by atoms with Gasteiger partial charge < -0.3 is 10.1 Å². The Kier molecular flexibility index (Phi) is 5.15. The fourth-order valence-electron chi connectivity index (χ4n) is 1.31. The Morgan fingerprint density at radius 1 is 1.53 bits per heavy atom. The smallest absolute Gasteiger partial charge is 0.310 e. The number of ether oxygens (including phenoxy) is 1. The number of carbonyl (C=O) groups excluding carboxylic acids is 1. The lowest BCUT2D eigenvalue weighted by Gasteiger charge is -2.22. The normalized spacial score (nSPS) is 13.4. The number of hydrogen-bond acceptors (Lipinski definition) is 4. The van der Waals surface area contributed by atoms with Crippen molar-refractivity contribution < 1.29 is 9.53 Å². The lowest BCUT2D eigenvalue weighted by molar-refractivity contribution is -0.159. The van der Waals surface area contributed by atoms with Gasteiger partial charge >= 0.3 is 5.97 Å². The molecule has 0 radical (unpaired) electrons. The molecule has 1 heterocycles. The minimum absolute atomic E-state index is 0.116. The van der Waals surface area contributed by atoms with Gasteiger partial charge in [-0.2, -0.15) is 0 Å². The third kappa shape index (κ3) is 5.84. The summed E-state index contributed by atoms with van der Waals surface area (Å²) < 4.78 is 5.31. The number of hydrogen-bond donors (Lipinski definition) is 1. The van der Waals surface area contributed by atoms with Crippen LogP contribution in [0.3, 0.4) is 0 Å². The van der Waals surface area contributed by atoms with Gasteiger partial charge in [0.15, 0.2) is 0 Å². The summed E-state index contributed by atoms with van der Waals surface area (Å²) in [5.41, 5.74) is -0.404. The van der Waals surface area contributed by atoms with E-state index in [0.29, 0.717) is 6.54 Å². The van der Waals surface area contributed by atoms with Crippen LogP contribution in [0.5, 0.6) is 0 Å². The van der Waals surface area contributed by atoms with E-state index in [2.05, 4.69) is 11.4 Å². The van der Waals surface area contributed by atoms with E-state index in [4.69, 9.17) is 4.74 Å². The van der Waals surface area contributed by atoms with Crippen LogP contribution in [0.4, 0.5) is 0 Å². The highest BCUT2D eigenvalue weighted by atomic mass is 32.1. The maximum Gasteiger partial charge on any atom is 0.310 e. The predicted octanol–water partition coefficient (Wildman–Crippen LogP) is 2.82. The molecule has 4 heteroatoms. The molecule has 0 aliphatic rings. The zero-order valence-corrected chi connectivity index (χ0v) is 11.8. The molecule has 3 nitrogen and oxygen atoms in total. The van der Waals surface area contributed by atoms with E-state index >= 15 is 0 Å². The number of nitrogens with one attached hydrogen (secondary N) is 1. The number of rotatable bonds is 5. The summed E-state index contributed by atoms with van der Waals surface area (Å²) in [5.74, 6) is -0.259. The molecule has 0 aliphatic heterocycles. The van der Waals surface area contributed by atoms with Crippen LogP contribution in [-0.2, 0) is 16.1 Å². The van der Waals surface area contributed by atoms with Crippen molar-refractivity contribution in [2.75, 3.05) is 6.54 Å². The van der Waals surface area contributed by atoms with Crippen molar-refractivity contribution in [3.63, 3.8) is 0 Å². The van der Waals surface area contributed by atoms with Crippen molar-refractivity contribution in [3.8, 4) is 0 Å². The van der Waals surface area contributed by atoms with Crippen molar-refractivity contribution in [2.24, 2.45) is 5.92 Å². The van der Waals surface area contributed by atoms with E-state index in [1.54, 1.807) is 11.3 Å². The summed E-state index contributed by atoms with van der Waals surface area (Å²) in [6.07, 6.45) is 0. The molecule has 1 aromatic rings. The molecule has 0 bridgehead atoms. The van der Waals surface area contributed by atoms with Gasteiger partial charge in [0.25, 0.3) is 0 Å². The molecule has 0 fully saturated rings. The van der Waals surface area contributed by atoms with E-state index < -0.39 is 5.60 Å². The largest absolute Gasteiger partial charge is 0.460 e. The standard InChI is InChI=1S/C13H21NO2S/c1-10(12(15)16-13(2,3)4)8-14-9-11-6-5-7-17-11/h5-7,10,14H,8-9H2,1-4H3. The summed E-state index contributed by atoms with van der Waals surface area (Å²) >= 11 is 1.71. The average Bonchev–Trinajstić information content (AvgIpc) is 2.67. The topological polar surface area (TPSA) is 38.3 Å². The minimum Gasteiger partial charge on any atom is -0.460 e.